The number of nitrogens with zero attached hydrogens (tertiary/aromatic N) is 1. The minimum Gasteiger partial charge on any atom is -0.493 e. The summed E-state index contributed by atoms with van der Waals surface area (Å²) in [7, 11) is 3.05. The minimum atomic E-state index is -0.237. The molecule has 0 bridgehead atoms. The number of carbonyl (C=O) groups excluding carboxylic acids is 1. The zero-order chi connectivity index (χ0) is 13.5. The van der Waals surface area contributed by atoms with E-state index in [9.17, 15) is 4.79 Å². The molecule has 1 aromatic rings. The maximum absolute atomic E-state index is 11.9. The average Bonchev–Trinajstić information content (AvgIpc) is 2.38. The molecule has 5 heteroatoms. The summed E-state index contributed by atoms with van der Waals surface area (Å²) in [5.74, 6) is 0.830. The molecule has 5 nitrogen and oxygen atoms in total. The molecule has 0 fully saturated rings. The van der Waals surface area contributed by atoms with Gasteiger partial charge in [-0.1, -0.05) is 0 Å². The predicted molar refractivity (Wildman–Crippen MR) is 66.7 cm³/mol. The van der Waals surface area contributed by atoms with Crippen molar-refractivity contribution in [1.29, 1.82) is 5.26 Å². The van der Waals surface area contributed by atoms with E-state index in [4.69, 9.17) is 14.7 Å². The summed E-state index contributed by atoms with van der Waals surface area (Å²) in [6.45, 7) is 1.78. The molecule has 1 aromatic carbocycles. The molecule has 1 amide bonds. The number of ether oxygens (including phenoxy) is 2. The lowest BCUT2D eigenvalue weighted by atomic mass is 10.1. The molecule has 0 heterocycles. The predicted octanol–water partition coefficient (Wildman–Crippen LogP) is 1.74. The van der Waals surface area contributed by atoms with Crippen LogP contribution in [-0.2, 0) is 0 Å². The second kappa shape index (κ2) is 6.50. The van der Waals surface area contributed by atoms with Crippen molar-refractivity contribution >= 4 is 5.91 Å². The van der Waals surface area contributed by atoms with E-state index in [-0.39, 0.29) is 18.4 Å². The van der Waals surface area contributed by atoms with E-state index in [1.807, 2.05) is 6.07 Å². The van der Waals surface area contributed by atoms with Gasteiger partial charge < -0.3 is 14.8 Å². The number of rotatable bonds is 5. The van der Waals surface area contributed by atoms with Gasteiger partial charge in [-0.25, -0.2) is 0 Å². The van der Waals surface area contributed by atoms with Crippen molar-refractivity contribution in [3.63, 3.8) is 0 Å². The van der Waals surface area contributed by atoms with Crippen LogP contribution >= 0.6 is 0 Å². The normalized spacial score (nSPS) is 11.2. The summed E-state index contributed by atoms with van der Waals surface area (Å²) in [5, 5.41) is 11.3. The van der Waals surface area contributed by atoms with E-state index in [0.29, 0.717) is 17.1 Å². The molecule has 0 aliphatic rings. The highest BCUT2D eigenvalue weighted by molar-refractivity contribution is 5.95. The second-order valence-electron chi connectivity index (χ2n) is 3.81. The highest BCUT2D eigenvalue weighted by Crippen LogP contribution is 2.27. The third kappa shape index (κ3) is 3.39. The van der Waals surface area contributed by atoms with Crippen molar-refractivity contribution in [2.45, 2.75) is 19.4 Å². The van der Waals surface area contributed by atoms with Gasteiger partial charge in [0.1, 0.15) is 0 Å². The Balaban J connectivity index is 2.84. The molecule has 96 valence electrons. The van der Waals surface area contributed by atoms with Crippen molar-refractivity contribution in [3.05, 3.63) is 23.8 Å². The number of nitriles is 1. The number of amides is 1. The molecular weight excluding hydrogens is 232 g/mol. The van der Waals surface area contributed by atoms with Gasteiger partial charge in [-0.3, -0.25) is 4.79 Å². The maximum atomic E-state index is 11.9. The molecule has 0 aliphatic carbocycles. The van der Waals surface area contributed by atoms with Crippen molar-refractivity contribution in [3.8, 4) is 17.6 Å². The van der Waals surface area contributed by atoms with Gasteiger partial charge in [0.05, 0.1) is 26.7 Å². The fourth-order valence-corrected chi connectivity index (χ4v) is 1.47. The van der Waals surface area contributed by atoms with Gasteiger partial charge in [-0.05, 0) is 25.1 Å². The Morgan fingerprint density at radius 3 is 2.61 bits per heavy atom. The molecule has 1 unspecified atom stereocenters. The fourth-order valence-electron chi connectivity index (χ4n) is 1.47. The molecule has 0 radical (unpaired) electrons. The third-order valence-corrected chi connectivity index (χ3v) is 2.42. The number of carbonyl (C=O) groups is 1. The van der Waals surface area contributed by atoms with E-state index >= 15 is 0 Å². The van der Waals surface area contributed by atoms with Gasteiger partial charge >= 0.3 is 0 Å². The SMILES string of the molecule is COc1ccc(C(=O)NC(C)CC#N)cc1OC. The summed E-state index contributed by atoms with van der Waals surface area (Å²) < 4.78 is 10.2. The van der Waals surface area contributed by atoms with E-state index in [2.05, 4.69) is 5.32 Å². The lowest BCUT2D eigenvalue weighted by Gasteiger charge is -2.12. The average molecular weight is 248 g/mol. The van der Waals surface area contributed by atoms with Gasteiger partial charge in [0.25, 0.3) is 5.91 Å². The van der Waals surface area contributed by atoms with Gasteiger partial charge in [-0.2, -0.15) is 5.26 Å². The monoisotopic (exact) mass is 248 g/mol. The van der Waals surface area contributed by atoms with Crippen LogP contribution in [0.15, 0.2) is 18.2 Å². The lowest BCUT2D eigenvalue weighted by molar-refractivity contribution is 0.0940. The standard InChI is InChI=1S/C13H16N2O3/c1-9(6-7-14)15-13(16)10-4-5-11(17-2)12(8-10)18-3/h4-5,8-9H,6H2,1-3H3,(H,15,16). The van der Waals surface area contributed by atoms with Crippen LogP contribution < -0.4 is 14.8 Å². The van der Waals surface area contributed by atoms with Crippen LogP contribution in [0, 0.1) is 11.3 Å². The van der Waals surface area contributed by atoms with E-state index in [1.54, 1.807) is 25.1 Å². The highest BCUT2D eigenvalue weighted by Gasteiger charge is 2.12. The van der Waals surface area contributed by atoms with Crippen LogP contribution in [0.3, 0.4) is 0 Å². The number of nitrogens with one attached hydrogen (secondary N) is 1. The smallest absolute Gasteiger partial charge is 0.251 e. The first kappa shape index (κ1) is 13.8. The van der Waals surface area contributed by atoms with Gasteiger partial charge in [-0.15, -0.1) is 0 Å². The highest BCUT2D eigenvalue weighted by atomic mass is 16.5. The van der Waals surface area contributed by atoms with Gasteiger partial charge in [0, 0.05) is 11.6 Å². The number of hydrogen-bond acceptors (Lipinski definition) is 4. The maximum Gasteiger partial charge on any atom is 0.251 e. The van der Waals surface area contributed by atoms with E-state index in [1.165, 1.54) is 14.2 Å². The molecule has 1 rings (SSSR count). The van der Waals surface area contributed by atoms with Crippen LogP contribution in [0.5, 0.6) is 11.5 Å². The van der Waals surface area contributed by atoms with Crippen LogP contribution in [0.2, 0.25) is 0 Å². The van der Waals surface area contributed by atoms with Crippen molar-refractivity contribution in [1.82, 2.24) is 5.32 Å². The number of methoxy groups -OCH3 is 2. The molecular formula is C13H16N2O3. The molecule has 0 saturated carbocycles. The Kier molecular flexibility index (Phi) is 5.00. The largest absolute Gasteiger partial charge is 0.493 e. The number of benzene rings is 1. The number of hydrogen-bond donors (Lipinski definition) is 1. The summed E-state index contributed by atoms with van der Waals surface area (Å²) in [5.41, 5.74) is 0.470. The Hall–Kier alpha value is -2.22. The molecule has 1 N–H and O–H groups in total. The third-order valence-electron chi connectivity index (χ3n) is 2.42. The molecule has 1 atom stereocenters. The summed E-state index contributed by atoms with van der Waals surface area (Å²) >= 11 is 0. The lowest BCUT2D eigenvalue weighted by Crippen LogP contribution is -2.32. The van der Waals surface area contributed by atoms with Crippen LogP contribution in [0.1, 0.15) is 23.7 Å². The zero-order valence-electron chi connectivity index (χ0n) is 10.7. The first-order chi connectivity index (χ1) is 8.62. The Morgan fingerprint density at radius 1 is 1.39 bits per heavy atom. The Morgan fingerprint density at radius 2 is 2.06 bits per heavy atom. The van der Waals surface area contributed by atoms with Crippen molar-refractivity contribution in [2.75, 3.05) is 14.2 Å². The van der Waals surface area contributed by atoms with E-state index in [0.717, 1.165) is 0 Å². The van der Waals surface area contributed by atoms with Crippen LogP contribution in [0.25, 0.3) is 0 Å². The molecule has 0 aromatic heterocycles. The molecule has 0 aliphatic heterocycles. The first-order valence-corrected chi connectivity index (χ1v) is 5.52. The second-order valence-corrected chi connectivity index (χ2v) is 3.81. The molecule has 18 heavy (non-hydrogen) atoms. The van der Waals surface area contributed by atoms with E-state index < -0.39 is 0 Å². The molecule has 0 saturated heterocycles. The first-order valence-electron chi connectivity index (χ1n) is 5.52. The topological polar surface area (TPSA) is 71.3 Å². The van der Waals surface area contributed by atoms with Crippen LogP contribution in [-0.4, -0.2) is 26.2 Å². The zero-order valence-corrected chi connectivity index (χ0v) is 10.7. The van der Waals surface area contributed by atoms with Crippen LogP contribution in [0.4, 0.5) is 0 Å². The fraction of sp³-hybridized carbons (Fsp3) is 0.385. The quantitative estimate of drug-likeness (QED) is 0.861. The van der Waals surface area contributed by atoms with Gasteiger partial charge in [0.15, 0.2) is 11.5 Å². The summed E-state index contributed by atoms with van der Waals surface area (Å²) in [6, 6.07) is 6.74. The molecule has 0 spiro atoms. The Bertz CT molecular complexity index is 466. The summed E-state index contributed by atoms with van der Waals surface area (Å²) in [4.78, 5) is 11.9. The summed E-state index contributed by atoms with van der Waals surface area (Å²) in [6.07, 6.45) is 0.277. The minimum absolute atomic E-state index is 0.185. The van der Waals surface area contributed by atoms with Gasteiger partial charge in [0.2, 0.25) is 0 Å². The van der Waals surface area contributed by atoms with Crippen molar-refractivity contribution in [2.24, 2.45) is 0 Å². The Labute approximate surface area is 106 Å². The van der Waals surface area contributed by atoms with Crippen molar-refractivity contribution < 1.29 is 14.3 Å².